The van der Waals surface area contributed by atoms with Crippen molar-refractivity contribution in [3.63, 3.8) is 0 Å². The Labute approximate surface area is 201 Å². The molecule has 186 valence electrons. The lowest BCUT2D eigenvalue weighted by Crippen LogP contribution is -2.42. The molecule has 1 aromatic carbocycles. The quantitative estimate of drug-likeness (QED) is 0.637. The number of hydrogen-bond donors (Lipinski definition) is 1. The highest BCUT2D eigenvalue weighted by atomic mass is 32.2. The van der Waals surface area contributed by atoms with E-state index in [4.69, 9.17) is 4.74 Å². The van der Waals surface area contributed by atoms with E-state index in [2.05, 4.69) is 10.3 Å². The molecule has 2 saturated carbocycles. The van der Waals surface area contributed by atoms with Crippen LogP contribution in [0.25, 0.3) is 11.1 Å². The molecule has 11 heteroatoms. The zero-order valence-electron chi connectivity index (χ0n) is 19.1. The van der Waals surface area contributed by atoms with Crippen molar-refractivity contribution >= 4 is 15.7 Å². The summed E-state index contributed by atoms with van der Waals surface area (Å²) in [4.78, 5) is 15.9. The number of carbonyl (C=O) groups excluding carboxylic acids is 1. The Morgan fingerprint density at radius 3 is 2.49 bits per heavy atom. The fourth-order valence-corrected chi connectivity index (χ4v) is 6.54. The summed E-state index contributed by atoms with van der Waals surface area (Å²) >= 11 is 0. The second-order valence-electron chi connectivity index (χ2n) is 9.16. The van der Waals surface area contributed by atoms with Gasteiger partial charge in [-0.3, -0.25) is 9.78 Å². The maximum Gasteiger partial charge on any atom is 0.417 e. The predicted molar refractivity (Wildman–Crippen MR) is 120 cm³/mol. The minimum absolute atomic E-state index is 0.128. The molecule has 1 aromatic heterocycles. The van der Waals surface area contributed by atoms with Gasteiger partial charge in [-0.25, -0.2) is 8.42 Å². The predicted octanol–water partition coefficient (Wildman–Crippen LogP) is 3.82. The van der Waals surface area contributed by atoms with Gasteiger partial charge >= 0.3 is 6.18 Å². The number of rotatable bonds is 6. The van der Waals surface area contributed by atoms with E-state index in [1.165, 1.54) is 19.4 Å². The van der Waals surface area contributed by atoms with E-state index in [0.717, 1.165) is 17.7 Å². The summed E-state index contributed by atoms with van der Waals surface area (Å²) in [5.41, 5.74) is -0.839. The maximum atomic E-state index is 14.0. The number of amides is 1. The van der Waals surface area contributed by atoms with Gasteiger partial charge in [0.15, 0.2) is 9.84 Å². The van der Waals surface area contributed by atoms with E-state index in [9.17, 15) is 31.6 Å². The van der Waals surface area contributed by atoms with Crippen molar-refractivity contribution in [3.8, 4) is 17.2 Å². The summed E-state index contributed by atoms with van der Waals surface area (Å²) < 4.78 is 74.3. The lowest BCUT2D eigenvalue weighted by molar-refractivity contribution is -0.139. The van der Waals surface area contributed by atoms with Crippen molar-refractivity contribution in [1.29, 1.82) is 5.26 Å². The lowest BCUT2D eigenvalue weighted by Gasteiger charge is -2.19. The van der Waals surface area contributed by atoms with Crippen molar-refractivity contribution in [1.82, 2.24) is 10.3 Å². The molecule has 7 nitrogen and oxygen atoms in total. The van der Waals surface area contributed by atoms with Gasteiger partial charge in [0.2, 0.25) is 5.91 Å². The molecule has 1 heterocycles. The Hall–Kier alpha value is -2.97. The minimum atomic E-state index is -4.92. The number of pyridine rings is 1. The number of aryl methyl sites for hydroxylation is 1. The molecule has 35 heavy (non-hydrogen) atoms. The van der Waals surface area contributed by atoms with Crippen LogP contribution in [0.15, 0.2) is 41.6 Å². The Kier molecular flexibility index (Phi) is 6.40. The first-order chi connectivity index (χ1) is 16.4. The SMILES string of the molecule is COC1CC(S(=O)(=O)c2ccc(-c3cncc(C)c3)cc2C(F)(F)F)CC1C(=O)NC1(C#N)CC1. The van der Waals surface area contributed by atoms with Crippen LogP contribution in [0.4, 0.5) is 13.2 Å². The number of nitriles is 1. The van der Waals surface area contributed by atoms with Crippen LogP contribution in [-0.4, -0.2) is 43.3 Å². The van der Waals surface area contributed by atoms with Crippen LogP contribution in [-0.2, 0) is 25.5 Å². The van der Waals surface area contributed by atoms with Crippen molar-refractivity contribution in [2.45, 2.75) is 60.6 Å². The molecular formula is C24H24F3N3O4S. The van der Waals surface area contributed by atoms with Crippen LogP contribution in [0.3, 0.4) is 0 Å². The Morgan fingerprint density at radius 1 is 1.20 bits per heavy atom. The largest absolute Gasteiger partial charge is 0.417 e. The fraction of sp³-hybridized carbons (Fsp3) is 0.458. The molecule has 2 aliphatic carbocycles. The van der Waals surface area contributed by atoms with Gasteiger partial charge in [-0.2, -0.15) is 18.4 Å². The summed E-state index contributed by atoms with van der Waals surface area (Å²) in [6.07, 6.45) is -2.07. The van der Waals surface area contributed by atoms with Crippen LogP contribution >= 0.6 is 0 Å². The third kappa shape index (κ3) is 4.90. The second-order valence-corrected chi connectivity index (χ2v) is 11.4. The van der Waals surface area contributed by atoms with Gasteiger partial charge in [0, 0.05) is 25.1 Å². The molecule has 1 N–H and O–H groups in total. The van der Waals surface area contributed by atoms with E-state index in [0.29, 0.717) is 18.4 Å². The standard InChI is InChI=1S/C24H24F3N3O4S/c1-14-7-16(12-29-11-14)15-3-4-21(19(8-15)24(25,26)27)35(32,33)17-9-18(20(10-17)34-2)22(31)30-23(13-28)5-6-23/h3-4,7-8,11-12,17-18,20H,5-6,9-10H2,1-2H3,(H,30,31). The molecular weight excluding hydrogens is 483 g/mol. The average molecular weight is 508 g/mol. The average Bonchev–Trinajstić information content (AvgIpc) is 3.43. The van der Waals surface area contributed by atoms with E-state index >= 15 is 0 Å². The molecule has 3 unspecified atom stereocenters. The molecule has 0 aliphatic heterocycles. The number of hydrogen-bond acceptors (Lipinski definition) is 6. The Morgan fingerprint density at radius 2 is 1.91 bits per heavy atom. The number of ether oxygens (including phenoxy) is 1. The maximum absolute atomic E-state index is 14.0. The van der Waals surface area contributed by atoms with Gasteiger partial charge in [0.25, 0.3) is 0 Å². The van der Waals surface area contributed by atoms with Gasteiger partial charge < -0.3 is 10.1 Å². The topological polar surface area (TPSA) is 109 Å². The number of aromatic nitrogens is 1. The highest BCUT2D eigenvalue weighted by molar-refractivity contribution is 7.92. The Bertz CT molecular complexity index is 1300. The van der Waals surface area contributed by atoms with Crippen LogP contribution in [0.5, 0.6) is 0 Å². The number of nitrogens with one attached hydrogen (secondary N) is 1. The second kappa shape index (κ2) is 8.91. The molecule has 2 aliphatic rings. The van der Waals surface area contributed by atoms with Gasteiger partial charge in [-0.1, -0.05) is 6.07 Å². The molecule has 0 spiro atoms. The number of carbonyl (C=O) groups is 1. The lowest BCUT2D eigenvalue weighted by atomic mass is 10.0. The normalized spacial score (nSPS) is 23.5. The van der Waals surface area contributed by atoms with E-state index in [1.54, 1.807) is 19.2 Å². The third-order valence-corrected chi connectivity index (χ3v) is 8.90. The number of nitrogens with zero attached hydrogens (tertiary/aromatic N) is 2. The summed E-state index contributed by atoms with van der Waals surface area (Å²) in [5, 5.41) is 10.6. The monoisotopic (exact) mass is 507 g/mol. The van der Waals surface area contributed by atoms with Crippen molar-refractivity contribution in [3.05, 3.63) is 47.8 Å². The summed E-state index contributed by atoms with van der Waals surface area (Å²) in [6.45, 7) is 1.75. The molecule has 1 amide bonds. The van der Waals surface area contributed by atoms with Gasteiger partial charge in [0.05, 0.1) is 33.8 Å². The Balaban J connectivity index is 1.67. The molecule has 4 rings (SSSR count). The van der Waals surface area contributed by atoms with Crippen LogP contribution in [0, 0.1) is 24.2 Å². The minimum Gasteiger partial charge on any atom is -0.381 e. The van der Waals surface area contributed by atoms with Gasteiger partial charge in [-0.15, -0.1) is 0 Å². The van der Waals surface area contributed by atoms with E-state index < -0.39 is 55.2 Å². The zero-order chi connectivity index (χ0) is 25.6. The first-order valence-corrected chi connectivity index (χ1v) is 12.6. The molecule has 0 saturated heterocycles. The van der Waals surface area contributed by atoms with Crippen molar-refractivity contribution in [2.75, 3.05) is 7.11 Å². The molecule has 3 atom stereocenters. The number of halogens is 3. The van der Waals surface area contributed by atoms with Crippen LogP contribution < -0.4 is 5.32 Å². The molecule has 0 radical (unpaired) electrons. The first-order valence-electron chi connectivity index (χ1n) is 11.0. The fourth-order valence-electron chi connectivity index (χ4n) is 4.53. The smallest absolute Gasteiger partial charge is 0.381 e. The highest BCUT2D eigenvalue weighted by Gasteiger charge is 2.51. The van der Waals surface area contributed by atoms with E-state index in [1.807, 2.05) is 6.07 Å². The van der Waals surface area contributed by atoms with Gasteiger partial charge in [0.1, 0.15) is 5.54 Å². The summed E-state index contributed by atoms with van der Waals surface area (Å²) in [5.74, 6) is -1.41. The number of alkyl halides is 3. The third-order valence-electron chi connectivity index (χ3n) is 6.67. The van der Waals surface area contributed by atoms with E-state index in [-0.39, 0.29) is 18.4 Å². The summed E-state index contributed by atoms with van der Waals surface area (Å²) in [7, 11) is -3.14. The summed E-state index contributed by atoms with van der Waals surface area (Å²) in [6, 6.07) is 6.81. The van der Waals surface area contributed by atoms with Crippen LogP contribution in [0.1, 0.15) is 36.8 Å². The zero-order valence-corrected chi connectivity index (χ0v) is 19.9. The number of methoxy groups -OCH3 is 1. The van der Waals surface area contributed by atoms with Crippen molar-refractivity contribution < 1.29 is 31.1 Å². The van der Waals surface area contributed by atoms with Crippen molar-refractivity contribution in [2.24, 2.45) is 5.92 Å². The van der Waals surface area contributed by atoms with Crippen LogP contribution in [0.2, 0.25) is 0 Å². The highest BCUT2D eigenvalue weighted by Crippen LogP contribution is 2.43. The number of benzene rings is 1. The first kappa shape index (κ1) is 25.1. The van der Waals surface area contributed by atoms with Gasteiger partial charge in [-0.05, 0) is 61.9 Å². The number of sulfone groups is 1. The molecule has 2 fully saturated rings. The molecule has 2 aromatic rings. The molecule has 0 bridgehead atoms.